The average Bonchev–Trinajstić information content (AvgIpc) is 3.67. The Labute approximate surface area is 199 Å². The van der Waals surface area contributed by atoms with E-state index in [0.717, 1.165) is 27.6 Å². The van der Waals surface area contributed by atoms with Gasteiger partial charge in [0.15, 0.2) is 5.65 Å². The van der Waals surface area contributed by atoms with E-state index in [1.54, 1.807) is 6.20 Å². The molecule has 1 aliphatic rings. The molecule has 33 heavy (non-hydrogen) atoms. The number of aromatic amines is 1. The molecule has 5 nitrogen and oxygen atoms in total. The van der Waals surface area contributed by atoms with Gasteiger partial charge in [-0.1, -0.05) is 48.0 Å². The van der Waals surface area contributed by atoms with Crippen molar-refractivity contribution < 1.29 is 0 Å². The van der Waals surface area contributed by atoms with Crippen molar-refractivity contribution in [2.75, 3.05) is 0 Å². The van der Waals surface area contributed by atoms with Crippen molar-refractivity contribution in [3.8, 4) is 22.5 Å². The zero-order valence-corrected chi connectivity index (χ0v) is 19.2. The van der Waals surface area contributed by atoms with Crippen LogP contribution in [-0.4, -0.2) is 25.2 Å². The van der Waals surface area contributed by atoms with E-state index in [1.807, 2.05) is 72.4 Å². The van der Waals surface area contributed by atoms with Crippen LogP contribution < -0.4 is 5.56 Å². The van der Waals surface area contributed by atoms with Crippen molar-refractivity contribution in [1.29, 1.82) is 0 Å². The van der Waals surface area contributed by atoms with Gasteiger partial charge in [-0.05, 0) is 37.1 Å². The Morgan fingerprint density at radius 2 is 1.79 bits per heavy atom. The van der Waals surface area contributed by atoms with E-state index in [9.17, 15) is 4.79 Å². The van der Waals surface area contributed by atoms with Gasteiger partial charge in [0.25, 0.3) is 5.56 Å². The van der Waals surface area contributed by atoms with Crippen LogP contribution in [0.4, 0.5) is 0 Å². The number of nitrogens with one attached hydrogen (secondary N) is 1. The highest BCUT2D eigenvalue weighted by atomic mass is 35.5. The van der Waals surface area contributed by atoms with Crippen LogP contribution in [-0.2, 0) is 5.75 Å². The second-order valence-electron chi connectivity index (χ2n) is 8.19. The summed E-state index contributed by atoms with van der Waals surface area (Å²) in [6.45, 7) is 0. The van der Waals surface area contributed by atoms with Crippen LogP contribution in [0.25, 0.3) is 44.6 Å². The third kappa shape index (κ3) is 4.01. The molecule has 162 valence electrons. The molecule has 6 rings (SSSR count). The number of H-pyrrole nitrogens is 1. The fourth-order valence-electron chi connectivity index (χ4n) is 3.89. The predicted molar refractivity (Wildman–Crippen MR) is 136 cm³/mol. The van der Waals surface area contributed by atoms with Crippen molar-refractivity contribution in [3.63, 3.8) is 0 Å². The molecule has 0 bridgehead atoms. The Morgan fingerprint density at radius 1 is 0.970 bits per heavy atom. The number of hydrogen-bond acceptors (Lipinski definition) is 5. The minimum Gasteiger partial charge on any atom is -0.305 e. The molecule has 0 unspecified atom stereocenters. The van der Waals surface area contributed by atoms with Crippen LogP contribution in [0.2, 0.25) is 5.02 Å². The predicted octanol–water partition coefficient (Wildman–Crippen LogP) is 6.25. The highest BCUT2D eigenvalue weighted by Gasteiger charge is 2.22. The summed E-state index contributed by atoms with van der Waals surface area (Å²) in [4.78, 5) is 29.9. The van der Waals surface area contributed by atoms with Crippen molar-refractivity contribution in [1.82, 2.24) is 19.9 Å². The Hall–Kier alpha value is -3.22. The summed E-state index contributed by atoms with van der Waals surface area (Å²) in [6.07, 6.45) is 4.20. The molecule has 2 aromatic carbocycles. The molecule has 3 aromatic heterocycles. The number of benzene rings is 2. The zero-order valence-electron chi connectivity index (χ0n) is 17.6. The molecule has 3 heterocycles. The summed E-state index contributed by atoms with van der Waals surface area (Å²) in [5, 5.41) is 2.17. The fourth-order valence-corrected chi connectivity index (χ4v) is 5.27. The molecule has 7 heteroatoms. The second-order valence-corrected chi connectivity index (χ2v) is 9.88. The molecule has 1 saturated carbocycles. The Morgan fingerprint density at radius 3 is 2.61 bits per heavy atom. The average molecular weight is 471 g/mol. The third-order valence-electron chi connectivity index (χ3n) is 5.74. The number of pyridine rings is 2. The zero-order chi connectivity index (χ0) is 22.4. The lowest BCUT2D eigenvalue weighted by Crippen LogP contribution is -2.13. The maximum atomic E-state index is 12.7. The lowest BCUT2D eigenvalue weighted by molar-refractivity contribution is 1.15. The monoisotopic (exact) mass is 470 g/mol. The molecule has 5 aromatic rings. The SMILES string of the molecule is O=c1[nH]c2nc(-c3ccccc3)c(-c3cc(Cl)c4ncccc4c3)nc2cc1CSC1CC1. The summed E-state index contributed by atoms with van der Waals surface area (Å²) in [7, 11) is 0. The molecule has 0 spiro atoms. The second kappa shape index (κ2) is 8.28. The van der Waals surface area contributed by atoms with E-state index in [2.05, 4.69) is 9.97 Å². The highest BCUT2D eigenvalue weighted by Crippen LogP contribution is 2.37. The van der Waals surface area contributed by atoms with Gasteiger partial charge in [0.1, 0.15) is 5.52 Å². The normalized spacial score (nSPS) is 13.6. The van der Waals surface area contributed by atoms with Gasteiger partial charge in [-0.2, -0.15) is 11.8 Å². The first-order valence-electron chi connectivity index (χ1n) is 10.8. The van der Waals surface area contributed by atoms with Gasteiger partial charge < -0.3 is 4.98 Å². The first-order chi connectivity index (χ1) is 16.2. The van der Waals surface area contributed by atoms with Gasteiger partial charge in [0, 0.05) is 39.3 Å². The molecule has 0 radical (unpaired) electrons. The largest absolute Gasteiger partial charge is 0.305 e. The molecular weight excluding hydrogens is 452 g/mol. The van der Waals surface area contributed by atoms with Crippen LogP contribution in [0.3, 0.4) is 0 Å². The first kappa shape index (κ1) is 20.4. The van der Waals surface area contributed by atoms with Gasteiger partial charge in [-0.25, -0.2) is 9.97 Å². The maximum absolute atomic E-state index is 12.7. The van der Waals surface area contributed by atoms with Crippen molar-refractivity contribution in [3.05, 3.63) is 87.8 Å². The topological polar surface area (TPSA) is 71.5 Å². The molecular formula is C26H19ClN4OS. The van der Waals surface area contributed by atoms with Gasteiger partial charge in [-0.15, -0.1) is 0 Å². The first-order valence-corrected chi connectivity index (χ1v) is 12.2. The number of aromatic nitrogens is 4. The maximum Gasteiger partial charge on any atom is 0.253 e. The van der Waals surface area contributed by atoms with Crippen LogP contribution in [0.5, 0.6) is 0 Å². The van der Waals surface area contributed by atoms with Crippen LogP contribution >= 0.6 is 23.4 Å². The number of thioether (sulfide) groups is 1. The number of nitrogens with zero attached hydrogens (tertiary/aromatic N) is 3. The van der Waals surface area contributed by atoms with E-state index in [0.29, 0.717) is 38.6 Å². The third-order valence-corrected chi connectivity index (χ3v) is 7.44. The van der Waals surface area contributed by atoms with Crippen LogP contribution in [0, 0.1) is 0 Å². The van der Waals surface area contributed by atoms with Crippen molar-refractivity contribution in [2.24, 2.45) is 0 Å². The van der Waals surface area contributed by atoms with Crippen LogP contribution in [0.15, 0.2) is 71.7 Å². The van der Waals surface area contributed by atoms with Crippen molar-refractivity contribution >= 4 is 45.4 Å². The molecule has 1 fully saturated rings. The summed E-state index contributed by atoms with van der Waals surface area (Å²) in [5.41, 5.74) is 5.71. The Bertz CT molecular complexity index is 1560. The summed E-state index contributed by atoms with van der Waals surface area (Å²) < 4.78 is 0. The van der Waals surface area contributed by atoms with Gasteiger partial charge in [0.2, 0.25) is 0 Å². The lowest BCUT2D eigenvalue weighted by atomic mass is 10.0. The molecule has 1 N–H and O–H groups in total. The molecule has 0 saturated heterocycles. The Balaban J connectivity index is 1.57. The van der Waals surface area contributed by atoms with E-state index in [4.69, 9.17) is 21.6 Å². The summed E-state index contributed by atoms with van der Waals surface area (Å²) in [5.74, 6) is 0.681. The number of fused-ring (bicyclic) bond motifs is 2. The van der Waals surface area contributed by atoms with Gasteiger partial charge >= 0.3 is 0 Å². The van der Waals surface area contributed by atoms with Crippen LogP contribution in [0.1, 0.15) is 18.4 Å². The molecule has 1 aliphatic carbocycles. The standard InChI is InChI=1S/C26H19ClN4OS/c27-20-12-17(11-16-7-4-10-28-22(16)20)24-23(15-5-2-1-3-6-15)30-25-21(29-24)13-18(26(32)31-25)14-33-19-8-9-19/h1-7,10-13,19H,8-9,14H2,(H,30,31,32). The quantitative estimate of drug-likeness (QED) is 0.328. The lowest BCUT2D eigenvalue weighted by Gasteiger charge is -2.12. The number of hydrogen-bond donors (Lipinski definition) is 1. The Kier molecular flexibility index (Phi) is 5.12. The minimum absolute atomic E-state index is 0.100. The van der Waals surface area contributed by atoms with E-state index < -0.39 is 0 Å². The highest BCUT2D eigenvalue weighted by molar-refractivity contribution is 7.99. The van der Waals surface area contributed by atoms with E-state index in [1.165, 1.54) is 12.8 Å². The van der Waals surface area contributed by atoms with Crippen molar-refractivity contribution in [2.45, 2.75) is 23.8 Å². The van der Waals surface area contributed by atoms with Gasteiger partial charge in [-0.3, -0.25) is 9.78 Å². The molecule has 0 atom stereocenters. The van der Waals surface area contributed by atoms with Gasteiger partial charge in [0.05, 0.1) is 21.9 Å². The summed E-state index contributed by atoms with van der Waals surface area (Å²) >= 11 is 8.42. The molecule has 0 aliphatic heterocycles. The number of halogens is 1. The van der Waals surface area contributed by atoms with E-state index in [-0.39, 0.29) is 5.56 Å². The fraction of sp³-hybridized carbons (Fsp3) is 0.154. The van der Waals surface area contributed by atoms with E-state index >= 15 is 0 Å². The summed E-state index contributed by atoms with van der Waals surface area (Å²) in [6, 6.07) is 19.5. The minimum atomic E-state index is -0.100. The molecule has 0 amide bonds. The smallest absolute Gasteiger partial charge is 0.253 e. The number of rotatable bonds is 5.